The van der Waals surface area contributed by atoms with Gasteiger partial charge in [0, 0.05) is 25.4 Å². The van der Waals surface area contributed by atoms with Crippen LogP contribution >= 0.6 is 11.6 Å². The zero-order valence-corrected chi connectivity index (χ0v) is 17.2. The fourth-order valence-corrected chi connectivity index (χ4v) is 3.92. The molecule has 1 fully saturated rings. The number of aromatic nitrogens is 1. The molecule has 1 aliphatic rings. The SMILES string of the molecule is COCCOc1ccccc1CCC1CCN(Cc2cc(Cl)c[nH]c2=O)CC1. The Morgan fingerprint density at radius 3 is 2.75 bits per heavy atom. The first-order valence-electron chi connectivity index (χ1n) is 9.95. The number of ether oxygens (including phenoxy) is 2. The van der Waals surface area contributed by atoms with E-state index >= 15 is 0 Å². The van der Waals surface area contributed by atoms with Gasteiger partial charge in [-0.25, -0.2) is 0 Å². The number of nitrogens with zero attached hydrogens (tertiary/aromatic N) is 1. The number of para-hydroxylation sites is 1. The number of rotatable bonds is 9. The molecule has 2 heterocycles. The van der Waals surface area contributed by atoms with Crippen molar-refractivity contribution in [2.24, 2.45) is 5.92 Å². The third kappa shape index (κ3) is 6.09. The number of hydrogen-bond donors (Lipinski definition) is 1. The van der Waals surface area contributed by atoms with Crippen LogP contribution in [0.25, 0.3) is 0 Å². The van der Waals surface area contributed by atoms with Crippen LogP contribution < -0.4 is 10.3 Å². The average molecular weight is 405 g/mol. The molecule has 0 radical (unpaired) electrons. The largest absolute Gasteiger partial charge is 0.491 e. The molecule has 1 N–H and O–H groups in total. The number of aromatic amines is 1. The fourth-order valence-electron chi connectivity index (χ4n) is 3.74. The van der Waals surface area contributed by atoms with E-state index in [0.717, 1.165) is 50.1 Å². The van der Waals surface area contributed by atoms with Gasteiger partial charge in [-0.15, -0.1) is 0 Å². The van der Waals surface area contributed by atoms with Crippen LogP contribution in [-0.4, -0.2) is 43.3 Å². The molecule has 0 atom stereocenters. The topological polar surface area (TPSA) is 54.6 Å². The summed E-state index contributed by atoms with van der Waals surface area (Å²) in [6.45, 7) is 3.88. The van der Waals surface area contributed by atoms with Gasteiger partial charge in [-0.1, -0.05) is 29.8 Å². The Hall–Kier alpha value is -1.82. The van der Waals surface area contributed by atoms with Crippen molar-refractivity contribution in [1.29, 1.82) is 0 Å². The number of H-pyrrole nitrogens is 1. The predicted molar refractivity (Wildman–Crippen MR) is 112 cm³/mol. The predicted octanol–water partition coefficient (Wildman–Crippen LogP) is 3.90. The summed E-state index contributed by atoms with van der Waals surface area (Å²) in [5, 5.41) is 0.580. The molecule has 1 saturated heterocycles. The number of halogens is 1. The molecule has 152 valence electrons. The van der Waals surface area contributed by atoms with E-state index in [0.29, 0.717) is 30.7 Å². The molecular weight excluding hydrogens is 376 g/mol. The second kappa shape index (κ2) is 10.6. The summed E-state index contributed by atoms with van der Waals surface area (Å²) >= 11 is 6.00. The van der Waals surface area contributed by atoms with Crippen molar-refractivity contribution in [3.63, 3.8) is 0 Å². The summed E-state index contributed by atoms with van der Waals surface area (Å²) in [6.07, 6.45) is 6.05. The first kappa shape index (κ1) is 20.9. The molecule has 3 rings (SSSR count). The molecule has 0 aliphatic carbocycles. The first-order valence-corrected chi connectivity index (χ1v) is 10.3. The van der Waals surface area contributed by atoms with Crippen molar-refractivity contribution >= 4 is 11.6 Å². The minimum absolute atomic E-state index is 0.0448. The Kier molecular flexibility index (Phi) is 7.95. The van der Waals surface area contributed by atoms with Gasteiger partial charge in [-0.2, -0.15) is 0 Å². The lowest BCUT2D eigenvalue weighted by molar-refractivity contribution is 0.145. The van der Waals surface area contributed by atoms with Crippen LogP contribution in [0.15, 0.2) is 41.3 Å². The third-order valence-corrected chi connectivity index (χ3v) is 5.60. The maximum atomic E-state index is 11.9. The second-order valence-electron chi connectivity index (χ2n) is 7.38. The number of aryl methyl sites for hydroxylation is 1. The first-order chi connectivity index (χ1) is 13.7. The van der Waals surface area contributed by atoms with E-state index in [-0.39, 0.29) is 5.56 Å². The van der Waals surface area contributed by atoms with Gasteiger partial charge in [0.1, 0.15) is 12.4 Å². The number of methoxy groups -OCH3 is 1. The molecule has 0 amide bonds. The van der Waals surface area contributed by atoms with Crippen LogP contribution in [0.4, 0.5) is 0 Å². The third-order valence-electron chi connectivity index (χ3n) is 5.39. The highest BCUT2D eigenvalue weighted by molar-refractivity contribution is 6.30. The summed E-state index contributed by atoms with van der Waals surface area (Å²) in [7, 11) is 1.68. The van der Waals surface area contributed by atoms with Gasteiger partial charge >= 0.3 is 0 Å². The second-order valence-corrected chi connectivity index (χ2v) is 7.82. The van der Waals surface area contributed by atoms with E-state index in [1.807, 2.05) is 12.1 Å². The van der Waals surface area contributed by atoms with E-state index < -0.39 is 0 Å². The number of likely N-dealkylation sites (tertiary alicyclic amines) is 1. The van der Waals surface area contributed by atoms with E-state index in [1.165, 1.54) is 11.8 Å². The highest BCUT2D eigenvalue weighted by Gasteiger charge is 2.20. The van der Waals surface area contributed by atoms with Gasteiger partial charge in [0.2, 0.25) is 0 Å². The zero-order chi connectivity index (χ0) is 19.8. The highest BCUT2D eigenvalue weighted by atomic mass is 35.5. The lowest BCUT2D eigenvalue weighted by atomic mass is 9.90. The van der Waals surface area contributed by atoms with Crippen molar-refractivity contribution in [2.75, 3.05) is 33.4 Å². The van der Waals surface area contributed by atoms with Gasteiger partial charge in [0.25, 0.3) is 5.56 Å². The van der Waals surface area contributed by atoms with Crippen LogP contribution in [0.2, 0.25) is 5.02 Å². The fraction of sp³-hybridized carbons (Fsp3) is 0.500. The lowest BCUT2D eigenvalue weighted by Gasteiger charge is -2.32. The summed E-state index contributed by atoms with van der Waals surface area (Å²) in [5.74, 6) is 1.68. The van der Waals surface area contributed by atoms with Crippen molar-refractivity contribution in [1.82, 2.24) is 9.88 Å². The Balaban J connectivity index is 1.46. The minimum atomic E-state index is -0.0448. The van der Waals surface area contributed by atoms with Gasteiger partial charge < -0.3 is 14.5 Å². The van der Waals surface area contributed by atoms with Crippen LogP contribution in [0.3, 0.4) is 0 Å². The Morgan fingerprint density at radius 2 is 1.96 bits per heavy atom. The van der Waals surface area contributed by atoms with Crippen LogP contribution in [0, 0.1) is 5.92 Å². The Labute approximate surface area is 171 Å². The molecule has 1 aromatic heterocycles. The summed E-state index contributed by atoms with van der Waals surface area (Å²) < 4.78 is 10.9. The quantitative estimate of drug-likeness (QED) is 0.644. The van der Waals surface area contributed by atoms with Crippen molar-refractivity contribution < 1.29 is 9.47 Å². The lowest BCUT2D eigenvalue weighted by Crippen LogP contribution is -2.35. The molecule has 1 aromatic carbocycles. The Bertz CT molecular complexity index is 800. The smallest absolute Gasteiger partial charge is 0.252 e. The molecule has 28 heavy (non-hydrogen) atoms. The van der Waals surface area contributed by atoms with Crippen molar-refractivity contribution in [3.05, 3.63) is 63.0 Å². The normalized spacial score (nSPS) is 15.6. The minimum Gasteiger partial charge on any atom is -0.491 e. The molecular formula is C22H29ClN2O3. The number of hydrogen-bond acceptors (Lipinski definition) is 4. The van der Waals surface area contributed by atoms with Crippen LogP contribution in [-0.2, 0) is 17.7 Å². The van der Waals surface area contributed by atoms with Crippen molar-refractivity contribution in [2.45, 2.75) is 32.2 Å². The van der Waals surface area contributed by atoms with E-state index in [4.69, 9.17) is 21.1 Å². The standard InChI is InChI=1S/C22H29ClN2O3/c1-27-12-13-28-21-5-3-2-4-18(21)7-6-17-8-10-25(11-9-17)16-19-14-20(23)15-24-22(19)26/h2-5,14-15,17H,6-13,16H2,1H3,(H,24,26). The van der Waals surface area contributed by atoms with E-state index in [1.54, 1.807) is 13.2 Å². The summed E-state index contributed by atoms with van der Waals surface area (Å²) in [4.78, 5) is 17.0. The molecule has 5 nitrogen and oxygen atoms in total. The molecule has 1 aliphatic heterocycles. The maximum absolute atomic E-state index is 11.9. The molecule has 0 saturated carbocycles. The molecule has 0 spiro atoms. The molecule has 6 heteroatoms. The molecule has 0 unspecified atom stereocenters. The highest BCUT2D eigenvalue weighted by Crippen LogP contribution is 2.26. The van der Waals surface area contributed by atoms with Gasteiger partial charge in [0.05, 0.1) is 11.6 Å². The van der Waals surface area contributed by atoms with Gasteiger partial charge in [-0.05, 0) is 62.4 Å². The molecule has 0 bridgehead atoms. The monoisotopic (exact) mass is 404 g/mol. The maximum Gasteiger partial charge on any atom is 0.252 e. The number of benzene rings is 1. The number of nitrogens with one attached hydrogen (secondary N) is 1. The summed E-state index contributed by atoms with van der Waals surface area (Å²) in [6, 6.07) is 10.1. The van der Waals surface area contributed by atoms with E-state index in [9.17, 15) is 4.79 Å². The number of piperidine rings is 1. The number of pyridine rings is 1. The van der Waals surface area contributed by atoms with Gasteiger partial charge in [0.15, 0.2) is 0 Å². The van der Waals surface area contributed by atoms with Gasteiger partial charge in [-0.3, -0.25) is 9.69 Å². The van der Waals surface area contributed by atoms with Crippen molar-refractivity contribution in [3.8, 4) is 5.75 Å². The average Bonchev–Trinajstić information content (AvgIpc) is 2.71. The summed E-state index contributed by atoms with van der Waals surface area (Å²) in [5.41, 5.74) is 1.97. The molecule has 2 aromatic rings. The Morgan fingerprint density at radius 1 is 1.18 bits per heavy atom. The van der Waals surface area contributed by atoms with E-state index in [2.05, 4.69) is 22.0 Å². The van der Waals surface area contributed by atoms with Crippen LogP contribution in [0.5, 0.6) is 5.75 Å². The van der Waals surface area contributed by atoms with Crippen LogP contribution in [0.1, 0.15) is 30.4 Å². The zero-order valence-electron chi connectivity index (χ0n) is 16.5.